The van der Waals surface area contributed by atoms with Crippen molar-refractivity contribution in [3.63, 3.8) is 0 Å². The van der Waals surface area contributed by atoms with Gasteiger partial charge in [-0.1, -0.05) is 47.7 Å². The second-order valence-electron chi connectivity index (χ2n) is 6.89. The highest BCUT2D eigenvalue weighted by molar-refractivity contribution is 5.85. The molecule has 0 fully saturated rings. The monoisotopic (exact) mass is 376 g/mol. The number of hydrogen-bond donors (Lipinski definition) is 1. The van der Waals surface area contributed by atoms with Gasteiger partial charge in [-0.2, -0.15) is 0 Å². The number of benzene rings is 2. The van der Waals surface area contributed by atoms with Gasteiger partial charge in [0, 0.05) is 13.0 Å². The van der Waals surface area contributed by atoms with Crippen molar-refractivity contribution in [1.82, 2.24) is 19.9 Å². The number of para-hydroxylation sites is 1. The number of aliphatic carboxylic acids is 1. The maximum atomic E-state index is 13.0. The standard InChI is InChI=1S/C21H20N4O3/c1-14-18(22-23-25(14)17-9-3-2-4-10-17)12-20(26)24-13-16-8-6-5-7-15(16)11-19(24)21(27)28/h2-10,19H,11-13H2,1H3,(H,27,28)/t19-/m1/s1. The lowest BCUT2D eigenvalue weighted by Crippen LogP contribution is -2.49. The Morgan fingerprint density at radius 2 is 1.75 bits per heavy atom. The summed E-state index contributed by atoms with van der Waals surface area (Å²) in [6.07, 6.45) is 0.331. The van der Waals surface area contributed by atoms with Crippen molar-refractivity contribution in [1.29, 1.82) is 0 Å². The number of carboxylic acid groups (broad SMARTS) is 1. The first kappa shape index (κ1) is 17.9. The number of rotatable bonds is 4. The summed E-state index contributed by atoms with van der Waals surface area (Å²) in [7, 11) is 0. The van der Waals surface area contributed by atoms with E-state index in [-0.39, 0.29) is 18.9 Å². The Kier molecular flexibility index (Phi) is 4.65. The number of fused-ring (bicyclic) bond motifs is 1. The van der Waals surface area contributed by atoms with E-state index in [2.05, 4.69) is 10.3 Å². The number of carboxylic acids is 1. The SMILES string of the molecule is Cc1c(CC(=O)N2Cc3ccccc3C[C@@H]2C(=O)O)nnn1-c1ccccc1. The van der Waals surface area contributed by atoms with Crippen LogP contribution < -0.4 is 0 Å². The molecule has 0 saturated heterocycles. The van der Waals surface area contributed by atoms with Crippen molar-refractivity contribution >= 4 is 11.9 Å². The minimum atomic E-state index is -0.993. The van der Waals surface area contributed by atoms with Crippen LogP contribution in [0.1, 0.15) is 22.5 Å². The Balaban J connectivity index is 1.58. The molecular formula is C21H20N4O3. The van der Waals surface area contributed by atoms with E-state index in [1.807, 2.05) is 61.5 Å². The number of amides is 1. The molecule has 7 heteroatoms. The van der Waals surface area contributed by atoms with Crippen LogP contribution >= 0.6 is 0 Å². The highest BCUT2D eigenvalue weighted by Gasteiger charge is 2.34. The van der Waals surface area contributed by atoms with E-state index in [0.29, 0.717) is 12.1 Å². The van der Waals surface area contributed by atoms with Gasteiger partial charge in [0.1, 0.15) is 6.04 Å². The molecule has 0 saturated carbocycles. The molecule has 2 aromatic carbocycles. The first-order valence-electron chi connectivity index (χ1n) is 9.10. The van der Waals surface area contributed by atoms with Gasteiger partial charge in [-0.25, -0.2) is 9.48 Å². The van der Waals surface area contributed by atoms with Crippen LogP contribution in [0.3, 0.4) is 0 Å². The molecule has 1 aromatic heterocycles. The molecule has 4 rings (SSSR count). The third-order valence-corrected chi connectivity index (χ3v) is 5.16. The van der Waals surface area contributed by atoms with Crippen molar-refractivity contribution in [2.45, 2.75) is 32.4 Å². The quantitative estimate of drug-likeness (QED) is 0.754. The number of aromatic nitrogens is 3. The number of carbonyl (C=O) groups is 2. The van der Waals surface area contributed by atoms with Gasteiger partial charge < -0.3 is 10.0 Å². The predicted octanol–water partition coefficient (Wildman–Crippen LogP) is 2.16. The predicted molar refractivity (Wildman–Crippen MR) is 102 cm³/mol. The molecule has 1 amide bonds. The summed E-state index contributed by atoms with van der Waals surface area (Å²) in [5.74, 6) is -1.25. The molecule has 1 aliphatic heterocycles. The Morgan fingerprint density at radius 1 is 1.07 bits per heavy atom. The molecule has 0 aliphatic carbocycles. The normalized spacial score (nSPS) is 15.9. The molecule has 0 radical (unpaired) electrons. The fourth-order valence-electron chi connectivity index (χ4n) is 3.59. The van der Waals surface area contributed by atoms with Crippen molar-refractivity contribution in [3.8, 4) is 5.69 Å². The molecule has 0 unspecified atom stereocenters. The van der Waals surface area contributed by atoms with Crippen molar-refractivity contribution in [2.24, 2.45) is 0 Å². The molecule has 1 aliphatic rings. The summed E-state index contributed by atoms with van der Waals surface area (Å²) in [6.45, 7) is 2.15. The second kappa shape index (κ2) is 7.26. The number of nitrogens with zero attached hydrogens (tertiary/aromatic N) is 4. The minimum absolute atomic E-state index is 0.0185. The van der Waals surface area contributed by atoms with Crippen LogP contribution in [0.5, 0.6) is 0 Å². The van der Waals surface area contributed by atoms with E-state index in [0.717, 1.165) is 22.5 Å². The topological polar surface area (TPSA) is 88.3 Å². The van der Waals surface area contributed by atoms with Crippen molar-refractivity contribution in [2.75, 3.05) is 0 Å². The lowest BCUT2D eigenvalue weighted by Gasteiger charge is -2.34. The summed E-state index contributed by atoms with van der Waals surface area (Å²) in [5, 5.41) is 17.9. The van der Waals surface area contributed by atoms with Crippen molar-refractivity contribution < 1.29 is 14.7 Å². The van der Waals surface area contributed by atoms with Gasteiger partial charge in [0.25, 0.3) is 0 Å². The molecule has 1 N–H and O–H groups in total. The fourth-order valence-corrected chi connectivity index (χ4v) is 3.59. The first-order valence-corrected chi connectivity index (χ1v) is 9.10. The Hall–Kier alpha value is -3.48. The summed E-state index contributed by atoms with van der Waals surface area (Å²) in [5.41, 5.74) is 4.14. The zero-order chi connectivity index (χ0) is 19.7. The molecule has 0 spiro atoms. The van der Waals surface area contributed by atoms with Crippen LogP contribution in [0.25, 0.3) is 5.69 Å². The molecule has 3 aromatic rings. The van der Waals surface area contributed by atoms with E-state index < -0.39 is 12.0 Å². The van der Waals surface area contributed by atoms with E-state index in [1.165, 1.54) is 4.90 Å². The Bertz CT molecular complexity index is 1030. The first-order chi connectivity index (χ1) is 13.5. The zero-order valence-corrected chi connectivity index (χ0v) is 15.4. The smallest absolute Gasteiger partial charge is 0.326 e. The van der Waals surface area contributed by atoms with Crippen LogP contribution in [0.4, 0.5) is 0 Å². The van der Waals surface area contributed by atoms with E-state index >= 15 is 0 Å². The fraction of sp³-hybridized carbons (Fsp3) is 0.238. The lowest BCUT2D eigenvalue weighted by atomic mass is 9.93. The summed E-state index contributed by atoms with van der Waals surface area (Å²) >= 11 is 0. The average molecular weight is 376 g/mol. The average Bonchev–Trinajstić information content (AvgIpc) is 3.07. The summed E-state index contributed by atoms with van der Waals surface area (Å²) in [4.78, 5) is 26.2. The molecule has 142 valence electrons. The minimum Gasteiger partial charge on any atom is -0.480 e. The maximum absolute atomic E-state index is 13.0. The Labute approximate surface area is 162 Å². The van der Waals surface area contributed by atoms with Gasteiger partial charge in [0.15, 0.2) is 0 Å². The highest BCUT2D eigenvalue weighted by atomic mass is 16.4. The lowest BCUT2D eigenvalue weighted by molar-refractivity contribution is -0.151. The third kappa shape index (κ3) is 3.26. The van der Waals surface area contributed by atoms with E-state index in [4.69, 9.17) is 0 Å². The van der Waals surface area contributed by atoms with Crippen LogP contribution in [0.15, 0.2) is 54.6 Å². The maximum Gasteiger partial charge on any atom is 0.326 e. The number of hydrogen-bond acceptors (Lipinski definition) is 4. The molecule has 1 atom stereocenters. The molecule has 2 heterocycles. The third-order valence-electron chi connectivity index (χ3n) is 5.16. The van der Waals surface area contributed by atoms with E-state index in [1.54, 1.807) is 4.68 Å². The summed E-state index contributed by atoms with van der Waals surface area (Å²) < 4.78 is 1.68. The van der Waals surface area contributed by atoms with Crippen LogP contribution in [-0.4, -0.2) is 42.9 Å². The number of carbonyl (C=O) groups excluding carboxylic acids is 1. The zero-order valence-electron chi connectivity index (χ0n) is 15.4. The largest absolute Gasteiger partial charge is 0.480 e. The molecule has 28 heavy (non-hydrogen) atoms. The van der Waals surface area contributed by atoms with Crippen LogP contribution in [0, 0.1) is 6.92 Å². The molecule has 7 nitrogen and oxygen atoms in total. The highest BCUT2D eigenvalue weighted by Crippen LogP contribution is 2.24. The van der Waals surface area contributed by atoms with Gasteiger partial charge in [-0.15, -0.1) is 5.10 Å². The molecular weight excluding hydrogens is 356 g/mol. The summed E-state index contributed by atoms with van der Waals surface area (Å²) in [6, 6.07) is 16.3. The van der Waals surface area contributed by atoms with Crippen molar-refractivity contribution in [3.05, 3.63) is 77.1 Å². The van der Waals surface area contributed by atoms with Crippen LogP contribution in [-0.2, 0) is 29.0 Å². The van der Waals surface area contributed by atoms with E-state index in [9.17, 15) is 14.7 Å². The van der Waals surface area contributed by atoms with Gasteiger partial charge in [0.05, 0.1) is 23.5 Å². The molecule has 0 bridgehead atoms. The second-order valence-corrected chi connectivity index (χ2v) is 6.89. The Morgan fingerprint density at radius 3 is 2.46 bits per heavy atom. The van der Waals surface area contributed by atoms with Crippen LogP contribution in [0.2, 0.25) is 0 Å². The van der Waals surface area contributed by atoms with Gasteiger partial charge in [-0.05, 0) is 30.2 Å². The van der Waals surface area contributed by atoms with Gasteiger partial charge >= 0.3 is 5.97 Å². The van der Waals surface area contributed by atoms with Gasteiger partial charge in [0.2, 0.25) is 5.91 Å². The van der Waals surface area contributed by atoms with Gasteiger partial charge in [-0.3, -0.25) is 4.79 Å².